The van der Waals surface area contributed by atoms with Crippen molar-refractivity contribution in [2.24, 2.45) is 0 Å². The highest BCUT2D eigenvalue weighted by Gasteiger charge is 2.40. The van der Waals surface area contributed by atoms with Gasteiger partial charge in [-0.05, 0) is 29.8 Å². The van der Waals surface area contributed by atoms with E-state index in [1.165, 1.54) is 13.2 Å². The van der Waals surface area contributed by atoms with E-state index in [0.717, 1.165) is 17.0 Å². The Bertz CT molecular complexity index is 1180. The van der Waals surface area contributed by atoms with Gasteiger partial charge in [0.2, 0.25) is 0 Å². The predicted octanol–water partition coefficient (Wildman–Crippen LogP) is 4.37. The molecule has 2 amide bonds. The van der Waals surface area contributed by atoms with Crippen LogP contribution in [0.3, 0.4) is 0 Å². The van der Waals surface area contributed by atoms with Crippen molar-refractivity contribution in [3.63, 3.8) is 0 Å². The fourth-order valence-electron chi connectivity index (χ4n) is 3.22. The van der Waals surface area contributed by atoms with Crippen LogP contribution < -0.4 is 15.0 Å². The van der Waals surface area contributed by atoms with Gasteiger partial charge in [-0.2, -0.15) is 0 Å². The summed E-state index contributed by atoms with van der Waals surface area (Å²) < 4.78 is 32.3. The molecule has 150 valence electrons. The fraction of sp³-hybridized carbons (Fsp3) is 0.0435. The predicted molar refractivity (Wildman–Crippen MR) is 109 cm³/mol. The Labute approximate surface area is 171 Å². The largest absolute Gasteiger partial charge is 0.497 e. The molecule has 0 saturated carbocycles. The summed E-state index contributed by atoms with van der Waals surface area (Å²) in [6.45, 7) is 0. The molecule has 0 aromatic heterocycles. The standard InChI is InChI=1S/C23H16F2N2O3/c1-30-17-9-5-8-15(12-17)26-21-20(14-6-3-2-4-7-14)22(28)27(23(21)29)16-10-11-18(24)19(25)13-16/h2-13,26H,1H3. The maximum atomic E-state index is 13.8. The van der Waals surface area contributed by atoms with Gasteiger partial charge in [-0.25, -0.2) is 13.7 Å². The second kappa shape index (κ2) is 7.79. The number of amides is 2. The lowest BCUT2D eigenvalue weighted by Crippen LogP contribution is -2.32. The van der Waals surface area contributed by atoms with E-state index in [9.17, 15) is 18.4 Å². The number of carbonyl (C=O) groups excluding carboxylic acids is 2. The Morgan fingerprint density at radius 3 is 2.30 bits per heavy atom. The number of carbonyl (C=O) groups is 2. The maximum Gasteiger partial charge on any atom is 0.282 e. The first-order chi connectivity index (χ1) is 14.5. The number of hydrogen-bond donors (Lipinski definition) is 1. The molecule has 3 aromatic carbocycles. The highest BCUT2D eigenvalue weighted by atomic mass is 19.2. The molecule has 3 aromatic rings. The van der Waals surface area contributed by atoms with E-state index in [4.69, 9.17) is 4.74 Å². The third-order valence-corrected chi connectivity index (χ3v) is 4.65. The Morgan fingerprint density at radius 1 is 0.833 bits per heavy atom. The van der Waals surface area contributed by atoms with Crippen molar-refractivity contribution < 1.29 is 23.1 Å². The summed E-state index contributed by atoms with van der Waals surface area (Å²) in [5.74, 6) is -2.96. The van der Waals surface area contributed by atoms with E-state index in [-0.39, 0.29) is 17.0 Å². The van der Waals surface area contributed by atoms with Crippen LogP contribution in [0.2, 0.25) is 0 Å². The lowest BCUT2D eigenvalue weighted by molar-refractivity contribution is -0.120. The number of anilines is 2. The zero-order valence-corrected chi connectivity index (χ0v) is 15.9. The Hall–Kier alpha value is -4.00. The van der Waals surface area contributed by atoms with Crippen LogP contribution in [0.5, 0.6) is 5.75 Å². The molecule has 1 aliphatic heterocycles. The number of benzene rings is 3. The summed E-state index contributed by atoms with van der Waals surface area (Å²) in [4.78, 5) is 27.2. The first kappa shape index (κ1) is 19.3. The second-order valence-corrected chi connectivity index (χ2v) is 6.52. The molecule has 0 aliphatic carbocycles. The van der Waals surface area contributed by atoms with Gasteiger partial charge in [0.25, 0.3) is 11.8 Å². The second-order valence-electron chi connectivity index (χ2n) is 6.52. The first-order valence-corrected chi connectivity index (χ1v) is 9.04. The topological polar surface area (TPSA) is 58.6 Å². The van der Waals surface area contributed by atoms with E-state index in [0.29, 0.717) is 17.0 Å². The van der Waals surface area contributed by atoms with Crippen molar-refractivity contribution >= 4 is 28.8 Å². The number of nitrogens with one attached hydrogen (secondary N) is 1. The van der Waals surface area contributed by atoms with Gasteiger partial charge in [0.05, 0.1) is 18.4 Å². The summed E-state index contributed by atoms with van der Waals surface area (Å²) in [6, 6.07) is 18.4. The van der Waals surface area contributed by atoms with E-state index >= 15 is 0 Å². The van der Waals surface area contributed by atoms with Gasteiger partial charge < -0.3 is 10.1 Å². The summed E-state index contributed by atoms with van der Waals surface area (Å²) in [7, 11) is 1.52. The highest BCUT2D eigenvalue weighted by Crippen LogP contribution is 2.34. The molecule has 7 heteroatoms. The molecule has 5 nitrogen and oxygen atoms in total. The minimum Gasteiger partial charge on any atom is -0.497 e. The lowest BCUT2D eigenvalue weighted by atomic mass is 10.0. The zero-order chi connectivity index (χ0) is 21.3. The maximum absolute atomic E-state index is 13.8. The number of rotatable bonds is 5. The van der Waals surface area contributed by atoms with Gasteiger partial charge in [0.1, 0.15) is 11.4 Å². The Kier molecular flexibility index (Phi) is 5.02. The van der Waals surface area contributed by atoms with Crippen molar-refractivity contribution in [2.45, 2.75) is 0 Å². The average molecular weight is 406 g/mol. The van der Waals surface area contributed by atoms with Crippen LogP contribution in [-0.4, -0.2) is 18.9 Å². The third kappa shape index (κ3) is 3.41. The monoisotopic (exact) mass is 406 g/mol. The van der Waals surface area contributed by atoms with Crippen LogP contribution in [0.1, 0.15) is 5.56 Å². The molecule has 4 rings (SSSR count). The number of methoxy groups -OCH3 is 1. The van der Waals surface area contributed by atoms with Crippen LogP contribution in [0.4, 0.5) is 20.2 Å². The van der Waals surface area contributed by atoms with Crippen LogP contribution in [0, 0.1) is 11.6 Å². The number of halogens is 2. The average Bonchev–Trinajstić information content (AvgIpc) is 3.00. The molecule has 0 unspecified atom stereocenters. The van der Waals surface area contributed by atoms with E-state index in [2.05, 4.69) is 5.32 Å². The van der Waals surface area contributed by atoms with Crippen LogP contribution in [-0.2, 0) is 9.59 Å². The van der Waals surface area contributed by atoms with Crippen molar-refractivity contribution in [2.75, 3.05) is 17.3 Å². The van der Waals surface area contributed by atoms with E-state index < -0.39 is 23.4 Å². The molecule has 1 aliphatic rings. The van der Waals surface area contributed by atoms with Gasteiger partial charge in [0, 0.05) is 17.8 Å². The summed E-state index contributed by atoms with van der Waals surface area (Å²) in [6.07, 6.45) is 0. The Morgan fingerprint density at radius 2 is 1.60 bits per heavy atom. The molecule has 1 N–H and O–H groups in total. The molecular weight excluding hydrogens is 390 g/mol. The number of imide groups is 1. The minimum absolute atomic E-state index is 0.0317. The molecule has 0 radical (unpaired) electrons. The lowest BCUT2D eigenvalue weighted by Gasteiger charge is -2.15. The van der Waals surface area contributed by atoms with E-state index in [1.54, 1.807) is 54.6 Å². The zero-order valence-electron chi connectivity index (χ0n) is 15.9. The highest BCUT2D eigenvalue weighted by molar-refractivity contribution is 6.46. The SMILES string of the molecule is COc1cccc(NC2=C(c3ccccc3)C(=O)N(c3ccc(F)c(F)c3)C2=O)c1. The minimum atomic E-state index is -1.15. The molecule has 1 heterocycles. The quantitative estimate of drug-likeness (QED) is 0.640. The molecule has 0 fully saturated rings. The molecular formula is C23H16F2N2O3. The first-order valence-electron chi connectivity index (χ1n) is 9.04. The number of hydrogen-bond acceptors (Lipinski definition) is 4. The van der Waals surface area contributed by atoms with Crippen molar-refractivity contribution in [3.05, 3.63) is 95.7 Å². The fourth-order valence-corrected chi connectivity index (χ4v) is 3.22. The molecule has 0 spiro atoms. The van der Waals surface area contributed by atoms with Crippen LogP contribution >= 0.6 is 0 Å². The third-order valence-electron chi connectivity index (χ3n) is 4.65. The molecule has 0 bridgehead atoms. The molecule has 0 saturated heterocycles. The molecule has 30 heavy (non-hydrogen) atoms. The summed E-state index contributed by atoms with van der Waals surface area (Å²) >= 11 is 0. The number of ether oxygens (including phenoxy) is 1. The molecule has 0 atom stereocenters. The van der Waals surface area contributed by atoms with Crippen molar-refractivity contribution in [3.8, 4) is 5.75 Å². The van der Waals surface area contributed by atoms with Gasteiger partial charge in [-0.3, -0.25) is 9.59 Å². The van der Waals surface area contributed by atoms with Crippen LogP contribution in [0.15, 0.2) is 78.5 Å². The van der Waals surface area contributed by atoms with Gasteiger partial charge >= 0.3 is 0 Å². The van der Waals surface area contributed by atoms with Gasteiger partial charge in [-0.1, -0.05) is 36.4 Å². The Balaban J connectivity index is 1.81. The number of nitrogens with zero attached hydrogens (tertiary/aromatic N) is 1. The smallest absolute Gasteiger partial charge is 0.282 e. The van der Waals surface area contributed by atoms with E-state index in [1.807, 2.05) is 0 Å². The van der Waals surface area contributed by atoms with Gasteiger partial charge in [0.15, 0.2) is 11.6 Å². The van der Waals surface area contributed by atoms with Crippen molar-refractivity contribution in [1.29, 1.82) is 0 Å². The van der Waals surface area contributed by atoms with Gasteiger partial charge in [-0.15, -0.1) is 0 Å². The normalized spacial score (nSPS) is 13.8. The van der Waals surface area contributed by atoms with Crippen LogP contribution in [0.25, 0.3) is 5.57 Å². The summed E-state index contributed by atoms with van der Waals surface area (Å²) in [5, 5.41) is 2.99. The summed E-state index contributed by atoms with van der Waals surface area (Å²) in [5.41, 5.74) is 1.16. The van der Waals surface area contributed by atoms with Crippen molar-refractivity contribution in [1.82, 2.24) is 0 Å².